The second-order valence-corrected chi connectivity index (χ2v) is 5.55. The Hall–Kier alpha value is 0.270. The van der Waals surface area contributed by atoms with Gasteiger partial charge in [-0.2, -0.15) is 0 Å². The molecule has 1 unspecified atom stereocenters. The van der Waals surface area contributed by atoms with E-state index < -0.39 is 0 Å². The third kappa shape index (κ3) is 3.79. The van der Waals surface area contributed by atoms with Crippen molar-refractivity contribution in [2.24, 2.45) is 5.92 Å². The van der Waals surface area contributed by atoms with Crippen LogP contribution in [0.15, 0.2) is 21.8 Å². The Bertz CT molecular complexity index is 306. The number of alkyl halides is 1. The van der Waals surface area contributed by atoms with Gasteiger partial charge < -0.3 is 0 Å². The maximum atomic E-state index is 5.73. The van der Waals surface area contributed by atoms with E-state index >= 15 is 0 Å². The summed E-state index contributed by atoms with van der Waals surface area (Å²) < 4.78 is 1.06. The number of hydrogen-bond acceptors (Lipinski definition) is 2. The molecule has 0 saturated carbocycles. The number of rotatable bonds is 4. The van der Waals surface area contributed by atoms with Gasteiger partial charge in [-0.3, -0.25) is 0 Å². The lowest BCUT2D eigenvalue weighted by Crippen LogP contribution is -1.99. The molecule has 0 aromatic carbocycles. The SMILES string of the molecule is Cc1cc(SCC(C)CCl)ncc1Br. The summed E-state index contributed by atoms with van der Waals surface area (Å²) in [6.07, 6.45) is 1.85. The fraction of sp³-hybridized carbons (Fsp3) is 0.500. The highest BCUT2D eigenvalue weighted by atomic mass is 79.9. The summed E-state index contributed by atoms with van der Waals surface area (Å²) in [7, 11) is 0. The first kappa shape index (κ1) is 12.3. The fourth-order valence-corrected chi connectivity index (χ4v) is 2.28. The van der Waals surface area contributed by atoms with Crippen molar-refractivity contribution in [2.45, 2.75) is 18.9 Å². The van der Waals surface area contributed by atoms with E-state index in [2.05, 4.69) is 40.8 Å². The third-order valence-corrected chi connectivity index (χ3v) is 4.41. The van der Waals surface area contributed by atoms with E-state index in [1.807, 2.05) is 6.20 Å². The minimum atomic E-state index is 0.535. The standard InChI is InChI=1S/C10H13BrClNS/c1-7(4-12)6-14-10-3-8(2)9(11)5-13-10/h3,5,7H,4,6H2,1-2H3. The number of aromatic nitrogens is 1. The molecule has 1 atom stereocenters. The van der Waals surface area contributed by atoms with Crippen LogP contribution in [0.2, 0.25) is 0 Å². The highest BCUT2D eigenvalue weighted by molar-refractivity contribution is 9.10. The number of thioether (sulfide) groups is 1. The van der Waals surface area contributed by atoms with Crippen LogP contribution in [0.1, 0.15) is 12.5 Å². The van der Waals surface area contributed by atoms with Crippen molar-refractivity contribution in [1.82, 2.24) is 4.98 Å². The highest BCUT2D eigenvalue weighted by Crippen LogP contribution is 2.23. The molecule has 0 radical (unpaired) electrons. The third-order valence-electron chi connectivity index (χ3n) is 1.80. The van der Waals surface area contributed by atoms with Gasteiger partial charge >= 0.3 is 0 Å². The van der Waals surface area contributed by atoms with E-state index in [0.717, 1.165) is 15.3 Å². The normalized spacial score (nSPS) is 12.9. The summed E-state index contributed by atoms with van der Waals surface area (Å²) in [5, 5.41) is 1.07. The molecule has 1 nitrogen and oxygen atoms in total. The monoisotopic (exact) mass is 293 g/mol. The van der Waals surface area contributed by atoms with E-state index in [9.17, 15) is 0 Å². The Morgan fingerprint density at radius 1 is 1.64 bits per heavy atom. The minimum Gasteiger partial charge on any atom is -0.249 e. The van der Waals surface area contributed by atoms with Crippen molar-refractivity contribution in [1.29, 1.82) is 0 Å². The second kappa shape index (κ2) is 5.99. The zero-order valence-electron chi connectivity index (χ0n) is 8.26. The Morgan fingerprint density at radius 3 is 2.93 bits per heavy atom. The number of hydrogen-bond donors (Lipinski definition) is 0. The molecule has 1 aromatic heterocycles. The first-order valence-corrected chi connectivity index (χ1v) is 6.75. The van der Waals surface area contributed by atoms with Crippen molar-refractivity contribution < 1.29 is 0 Å². The average molecular weight is 295 g/mol. The van der Waals surface area contributed by atoms with Gasteiger partial charge in [0.25, 0.3) is 0 Å². The van der Waals surface area contributed by atoms with Crippen molar-refractivity contribution in [3.63, 3.8) is 0 Å². The first-order chi connectivity index (χ1) is 6.63. The predicted octanol–water partition coefficient (Wildman–Crippen LogP) is 4.12. The molecule has 1 heterocycles. The summed E-state index contributed by atoms with van der Waals surface area (Å²) in [5.74, 6) is 2.27. The lowest BCUT2D eigenvalue weighted by molar-refractivity contribution is 0.758. The number of pyridine rings is 1. The van der Waals surface area contributed by atoms with Crippen LogP contribution in [0.4, 0.5) is 0 Å². The zero-order chi connectivity index (χ0) is 10.6. The number of nitrogens with zero attached hydrogens (tertiary/aromatic N) is 1. The van der Waals surface area contributed by atoms with Crippen LogP contribution in [0.3, 0.4) is 0 Å². The average Bonchev–Trinajstić information content (AvgIpc) is 2.19. The van der Waals surface area contributed by atoms with E-state index in [1.165, 1.54) is 5.56 Å². The molecule has 0 bridgehead atoms. The van der Waals surface area contributed by atoms with Gasteiger partial charge in [0.1, 0.15) is 0 Å². The minimum absolute atomic E-state index is 0.535. The molecule has 0 aliphatic carbocycles. The van der Waals surface area contributed by atoms with E-state index in [4.69, 9.17) is 11.6 Å². The molecule has 0 fully saturated rings. The van der Waals surface area contributed by atoms with E-state index in [1.54, 1.807) is 11.8 Å². The molecule has 78 valence electrons. The van der Waals surface area contributed by atoms with Gasteiger partial charge in [-0.25, -0.2) is 4.98 Å². The van der Waals surface area contributed by atoms with Crippen molar-refractivity contribution in [2.75, 3.05) is 11.6 Å². The van der Waals surface area contributed by atoms with Gasteiger partial charge in [-0.15, -0.1) is 23.4 Å². The quantitative estimate of drug-likeness (QED) is 0.612. The molecule has 0 aliphatic rings. The van der Waals surface area contributed by atoms with Crippen molar-refractivity contribution in [3.05, 3.63) is 22.3 Å². The summed E-state index contributed by atoms with van der Waals surface area (Å²) in [5.41, 5.74) is 1.22. The van der Waals surface area contributed by atoms with E-state index in [-0.39, 0.29) is 0 Å². The summed E-state index contributed by atoms with van der Waals surface area (Å²) in [6.45, 7) is 4.21. The Labute approximate surface area is 103 Å². The molecular formula is C10H13BrClNS. The van der Waals surface area contributed by atoms with Crippen LogP contribution < -0.4 is 0 Å². The Kier molecular flexibility index (Phi) is 5.28. The van der Waals surface area contributed by atoms with Crippen LogP contribution in [0, 0.1) is 12.8 Å². The van der Waals surface area contributed by atoms with Crippen LogP contribution >= 0.6 is 39.3 Å². The molecule has 1 aromatic rings. The summed E-state index contributed by atoms with van der Waals surface area (Å²) in [4.78, 5) is 4.32. The summed E-state index contributed by atoms with van der Waals surface area (Å²) in [6, 6.07) is 2.09. The molecule has 0 amide bonds. The number of aryl methyl sites for hydroxylation is 1. The molecule has 14 heavy (non-hydrogen) atoms. The molecule has 0 N–H and O–H groups in total. The molecule has 0 aliphatic heterocycles. The lowest BCUT2D eigenvalue weighted by atomic mass is 10.3. The van der Waals surface area contributed by atoms with Gasteiger partial charge in [0.2, 0.25) is 0 Å². The highest BCUT2D eigenvalue weighted by Gasteiger charge is 2.03. The van der Waals surface area contributed by atoms with E-state index in [0.29, 0.717) is 11.8 Å². The largest absolute Gasteiger partial charge is 0.249 e. The van der Waals surface area contributed by atoms with Crippen molar-refractivity contribution >= 4 is 39.3 Å². The van der Waals surface area contributed by atoms with Crippen molar-refractivity contribution in [3.8, 4) is 0 Å². The van der Waals surface area contributed by atoms with Crippen LogP contribution in [0.5, 0.6) is 0 Å². The van der Waals surface area contributed by atoms with Gasteiger partial charge in [-0.05, 0) is 40.4 Å². The molecule has 4 heteroatoms. The maximum Gasteiger partial charge on any atom is 0.0963 e. The summed E-state index contributed by atoms with van der Waals surface area (Å²) >= 11 is 10.9. The number of halogens is 2. The van der Waals surface area contributed by atoms with Gasteiger partial charge in [-0.1, -0.05) is 6.92 Å². The molecule has 0 saturated heterocycles. The fourth-order valence-electron chi connectivity index (χ4n) is 0.865. The molecular weight excluding hydrogens is 282 g/mol. The maximum absolute atomic E-state index is 5.73. The second-order valence-electron chi connectivity index (χ2n) is 3.34. The Morgan fingerprint density at radius 2 is 2.36 bits per heavy atom. The zero-order valence-corrected chi connectivity index (χ0v) is 11.4. The molecule has 1 rings (SSSR count). The van der Waals surface area contributed by atoms with Gasteiger partial charge in [0.05, 0.1) is 5.03 Å². The van der Waals surface area contributed by atoms with Gasteiger partial charge in [0, 0.05) is 22.3 Å². The smallest absolute Gasteiger partial charge is 0.0963 e. The van der Waals surface area contributed by atoms with Crippen LogP contribution in [0.25, 0.3) is 0 Å². The molecule has 0 spiro atoms. The topological polar surface area (TPSA) is 12.9 Å². The van der Waals surface area contributed by atoms with Gasteiger partial charge in [0.15, 0.2) is 0 Å². The van der Waals surface area contributed by atoms with Crippen LogP contribution in [-0.2, 0) is 0 Å². The first-order valence-electron chi connectivity index (χ1n) is 4.44. The van der Waals surface area contributed by atoms with Crippen LogP contribution in [-0.4, -0.2) is 16.6 Å². The Balaban J connectivity index is 2.55. The predicted molar refractivity (Wildman–Crippen MR) is 67.3 cm³/mol. The lowest BCUT2D eigenvalue weighted by Gasteiger charge is -2.06.